The number of furan rings is 1. The molecular formula is C22H23N3O4. The predicted molar refractivity (Wildman–Crippen MR) is 109 cm³/mol. The van der Waals surface area contributed by atoms with Crippen molar-refractivity contribution in [3.8, 4) is 11.5 Å². The number of fused-ring (bicyclic) bond motifs is 1. The van der Waals surface area contributed by atoms with Crippen LogP contribution in [0.3, 0.4) is 0 Å². The van der Waals surface area contributed by atoms with E-state index in [-0.39, 0.29) is 12.0 Å². The topological polar surface area (TPSA) is 75.9 Å². The van der Waals surface area contributed by atoms with Gasteiger partial charge in [-0.15, -0.1) is 0 Å². The maximum Gasteiger partial charge on any atom is 0.409 e. The summed E-state index contributed by atoms with van der Waals surface area (Å²) < 4.78 is 10.5. The number of aryl methyl sites for hydroxylation is 1. The molecular weight excluding hydrogens is 370 g/mol. The minimum atomic E-state index is -0.329. The third-order valence-electron chi connectivity index (χ3n) is 5.06. The number of ether oxygens (including phenoxy) is 1. The number of hydrogen-bond donors (Lipinski definition) is 0. The van der Waals surface area contributed by atoms with Crippen LogP contribution in [0.25, 0.3) is 22.4 Å². The lowest BCUT2D eigenvalue weighted by molar-refractivity contribution is 0.0572. The van der Waals surface area contributed by atoms with Gasteiger partial charge >= 0.3 is 6.09 Å². The third kappa shape index (κ3) is 3.81. The molecule has 29 heavy (non-hydrogen) atoms. The fourth-order valence-electron chi connectivity index (χ4n) is 3.54. The molecule has 1 saturated heterocycles. The van der Waals surface area contributed by atoms with Gasteiger partial charge in [-0.2, -0.15) is 0 Å². The van der Waals surface area contributed by atoms with Gasteiger partial charge in [-0.3, -0.25) is 4.79 Å². The number of pyridine rings is 1. The Labute approximate surface area is 168 Å². The Bertz CT molecular complexity index is 1040. The van der Waals surface area contributed by atoms with Crippen LogP contribution >= 0.6 is 0 Å². The SMILES string of the molecule is CCOC(=O)N1CCN(C(=O)c2cc(-c3ccco3)nc3ccc(C)cc23)CC1. The Balaban J connectivity index is 1.65. The van der Waals surface area contributed by atoms with E-state index in [4.69, 9.17) is 9.15 Å². The van der Waals surface area contributed by atoms with Gasteiger partial charge in [0.15, 0.2) is 5.76 Å². The van der Waals surface area contributed by atoms with Crippen LogP contribution in [0, 0.1) is 6.92 Å². The van der Waals surface area contributed by atoms with Crippen molar-refractivity contribution in [1.29, 1.82) is 0 Å². The second-order valence-corrected chi connectivity index (χ2v) is 7.03. The molecule has 4 rings (SSSR count). The van der Waals surface area contributed by atoms with Crippen molar-refractivity contribution in [2.75, 3.05) is 32.8 Å². The maximum atomic E-state index is 13.4. The predicted octanol–water partition coefficient (Wildman–Crippen LogP) is 3.72. The van der Waals surface area contributed by atoms with Crippen molar-refractivity contribution in [2.45, 2.75) is 13.8 Å². The average molecular weight is 393 g/mol. The largest absolute Gasteiger partial charge is 0.463 e. The van der Waals surface area contributed by atoms with Crippen LogP contribution in [-0.4, -0.2) is 59.6 Å². The van der Waals surface area contributed by atoms with Crippen LogP contribution in [0.2, 0.25) is 0 Å². The van der Waals surface area contributed by atoms with E-state index in [1.807, 2.05) is 31.2 Å². The van der Waals surface area contributed by atoms with Crippen LogP contribution in [0.4, 0.5) is 4.79 Å². The summed E-state index contributed by atoms with van der Waals surface area (Å²) in [5.41, 5.74) is 3.03. The summed E-state index contributed by atoms with van der Waals surface area (Å²) in [5.74, 6) is 0.549. The summed E-state index contributed by atoms with van der Waals surface area (Å²) in [5, 5.41) is 0.818. The van der Waals surface area contributed by atoms with Crippen LogP contribution in [0.15, 0.2) is 47.1 Å². The number of carbonyl (C=O) groups excluding carboxylic acids is 2. The Kier molecular flexibility index (Phi) is 5.20. The van der Waals surface area contributed by atoms with Gasteiger partial charge in [-0.25, -0.2) is 9.78 Å². The van der Waals surface area contributed by atoms with Crippen molar-refractivity contribution in [3.63, 3.8) is 0 Å². The Hall–Kier alpha value is -3.35. The molecule has 1 fully saturated rings. The van der Waals surface area contributed by atoms with Gasteiger partial charge in [0.05, 0.1) is 24.0 Å². The van der Waals surface area contributed by atoms with E-state index in [0.29, 0.717) is 49.8 Å². The molecule has 0 unspecified atom stereocenters. The number of benzene rings is 1. The molecule has 1 aromatic carbocycles. The van der Waals surface area contributed by atoms with Gasteiger partial charge in [0.1, 0.15) is 5.69 Å². The lowest BCUT2D eigenvalue weighted by Crippen LogP contribution is -2.50. The smallest absolute Gasteiger partial charge is 0.409 e. The highest BCUT2D eigenvalue weighted by atomic mass is 16.6. The average Bonchev–Trinajstić information content (AvgIpc) is 3.28. The molecule has 150 valence electrons. The number of carbonyl (C=O) groups is 2. The molecule has 2 aromatic heterocycles. The van der Waals surface area contributed by atoms with Crippen LogP contribution < -0.4 is 0 Å². The van der Waals surface area contributed by atoms with E-state index >= 15 is 0 Å². The van der Waals surface area contributed by atoms with E-state index < -0.39 is 0 Å². The molecule has 0 radical (unpaired) electrons. The van der Waals surface area contributed by atoms with Gasteiger partial charge in [0.2, 0.25) is 0 Å². The first kappa shape index (κ1) is 19.0. The molecule has 1 aliphatic heterocycles. The van der Waals surface area contributed by atoms with Crippen molar-refractivity contribution < 1.29 is 18.7 Å². The third-order valence-corrected chi connectivity index (χ3v) is 5.06. The first-order valence-electron chi connectivity index (χ1n) is 9.73. The molecule has 0 N–H and O–H groups in total. The molecule has 0 spiro atoms. The van der Waals surface area contributed by atoms with Crippen molar-refractivity contribution in [2.24, 2.45) is 0 Å². The second kappa shape index (κ2) is 7.95. The van der Waals surface area contributed by atoms with E-state index in [1.165, 1.54) is 0 Å². The fraction of sp³-hybridized carbons (Fsp3) is 0.318. The zero-order valence-corrected chi connectivity index (χ0v) is 16.6. The molecule has 0 saturated carbocycles. The Morgan fingerprint density at radius 3 is 2.55 bits per heavy atom. The van der Waals surface area contributed by atoms with Crippen molar-refractivity contribution >= 4 is 22.9 Å². The fourth-order valence-corrected chi connectivity index (χ4v) is 3.54. The highest BCUT2D eigenvalue weighted by molar-refractivity contribution is 6.07. The summed E-state index contributed by atoms with van der Waals surface area (Å²) in [4.78, 5) is 33.4. The quantitative estimate of drug-likeness (QED) is 0.678. The minimum absolute atomic E-state index is 0.0701. The highest BCUT2D eigenvalue weighted by Gasteiger charge is 2.27. The standard InChI is InChI=1S/C22H23N3O4/c1-3-28-22(27)25-10-8-24(9-11-25)21(26)17-14-19(20-5-4-12-29-20)23-18-7-6-15(2)13-16(17)18/h4-7,12-14H,3,8-11H2,1-2H3. The number of rotatable bonds is 3. The summed E-state index contributed by atoms with van der Waals surface area (Å²) in [6.45, 7) is 5.95. The zero-order chi connectivity index (χ0) is 20.4. The summed E-state index contributed by atoms with van der Waals surface area (Å²) in [7, 11) is 0. The lowest BCUT2D eigenvalue weighted by Gasteiger charge is -2.34. The van der Waals surface area contributed by atoms with E-state index in [0.717, 1.165) is 16.5 Å². The van der Waals surface area contributed by atoms with Crippen molar-refractivity contribution in [1.82, 2.24) is 14.8 Å². The second-order valence-electron chi connectivity index (χ2n) is 7.03. The Morgan fingerprint density at radius 1 is 1.10 bits per heavy atom. The van der Waals surface area contributed by atoms with Crippen LogP contribution in [0.1, 0.15) is 22.8 Å². The molecule has 7 heteroatoms. The molecule has 0 aliphatic carbocycles. The number of piperazine rings is 1. The minimum Gasteiger partial charge on any atom is -0.463 e. The van der Waals surface area contributed by atoms with Gasteiger partial charge < -0.3 is 19.0 Å². The lowest BCUT2D eigenvalue weighted by atomic mass is 10.0. The van der Waals surface area contributed by atoms with Gasteiger partial charge in [-0.1, -0.05) is 11.6 Å². The molecule has 0 atom stereocenters. The van der Waals surface area contributed by atoms with Gasteiger partial charge in [0, 0.05) is 31.6 Å². The summed E-state index contributed by atoms with van der Waals surface area (Å²) in [6.07, 6.45) is 1.26. The Morgan fingerprint density at radius 2 is 1.86 bits per heavy atom. The van der Waals surface area contributed by atoms with Crippen molar-refractivity contribution in [3.05, 3.63) is 53.8 Å². The van der Waals surface area contributed by atoms with Gasteiger partial charge in [-0.05, 0) is 44.2 Å². The molecule has 7 nitrogen and oxygen atoms in total. The van der Waals surface area contributed by atoms with Crippen LogP contribution in [0.5, 0.6) is 0 Å². The first-order valence-corrected chi connectivity index (χ1v) is 9.73. The normalized spacial score (nSPS) is 14.3. The number of nitrogens with zero attached hydrogens (tertiary/aromatic N) is 3. The van der Waals surface area contributed by atoms with E-state index in [1.54, 1.807) is 35.1 Å². The van der Waals surface area contributed by atoms with Crippen LogP contribution in [-0.2, 0) is 4.74 Å². The highest BCUT2D eigenvalue weighted by Crippen LogP contribution is 2.27. The maximum absolute atomic E-state index is 13.4. The van der Waals surface area contributed by atoms with E-state index in [9.17, 15) is 9.59 Å². The zero-order valence-electron chi connectivity index (χ0n) is 16.6. The monoisotopic (exact) mass is 393 g/mol. The molecule has 0 bridgehead atoms. The molecule has 3 aromatic rings. The number of hydrogen-bond acceptors (Lipinski definition) is 5. The van der Waals surface area contributed by atoms with E-state index in [2.05, 4.69) is 4.98 Å². The molecule has 3 heterocycles. The first-order chi connectivity index (χ1) is 14.1. The summed E-state index contributed by atoms with van der Waals surface area (Å²) >= 11 is 0. The molecule has 2 amide bonds. The number of amides is 2. The summed E-state index contributed by atoms with van der Waals surface area (Å²) in [6, 6.07) is 11.3. The number of aromatic nitrogens is 1. The molecule has 1 aliphatic rings. The van der Waals surface area contributed by atoms with Gasteiger partial charge in [0.25, 0.3) is 5.91 Å².